The fourth-order valence-corrected chi connectivity index (χ4v) is 2.70. The second kappa shape index (κ2) is 8.64. The number of hydrogen-bond acceptors (Lipinski definition) is 5. The Balaban J connectivity index is 2.31. The monoisotopic (exact) mass is 322 g/mol. The quantitative estimate of drug-likeness (QED) is 0.475. The van der Waals surface area contributed by atoms with Crippen molar-refractivity contribution in [1.29, 1.82) is 0 Å². The third kappa shape index (κ3) is 5.99. The number of esters is 1. The number of ether oxygens (including phenoxy) is 1. The number of rotatable bonds is 7. The molecule has 4 nitrogen and oxygen atoms in total. The van der Waals surface area contributed by atoms with Gasteiger partial charge in [-0.2, -0.15) is 11.8 Å². The van der Waals surface area contributed by atoms with E-state index in [0.717, 1.165) is 11.4 Å². The minimum atomic E-state index is -0.574. The summed E-state index contributed by atoms with van der Waals surface area (Å²) in [4.78, 5) is 15.4. The Labute approximate surface area is 127 Å². The Bertz CT molecular complexity index is 432. The first-order valence-corrected chi connectivity index (χ1v) is 7.76. The van der Waals surface area contributed by atoms with E-state index >= 15 is 0 Å². The summed E-state index contributed by atoms with van der Waals surface area (Å²) < 4.78 is 4.83. The molecular weight excluding hydrogens is 307 g/mol. The maximum atomic E-state index is 11.3. The van der Waals surface area contributed by atoms with Crippen LogP contribution in [-0.2, 0) is 15.3 Å². The molecule has 0 fully saturated rings. The molecule has 0 aliphatic heterocycles. The zero-order valence-electron chi connectivity index (χ0n) is 10.6. The maximum absolute atomic E-state index is 11.3. The van der Waals surface area contributed by atoms with E-state index in [4.69, 9.17) is 33.7 Å². The van der Waals surface area contributed by atoms with E-state index in [2.05, 4.69) is 4.98 Å². The Hall–Kier alpha value is -0.490. The van der Waals surface area contributed by atoms with Gasteiger partial charge in [0.25, 0.3) is 0 Å². The van der Waals surface area contributed by atoms with Crippen LogP contribution in [0.25, 0.3) is 0 Å². The second-order valence-corrected chi connectivity index (χ2v) is 5.66. The summed E-state index contributed by atoms with van der Waals surface area (Å²) in [7, 11) is 0. The van der Waals surface area contributed by atoms with Crippen molar-refractivity contribution in [3.8, 4) is 0 Å². The van der Waals surface area contributed by atoms with Crippen LogP contribution in [0.15, 0.2) is 12.1 Å². The molecule has 0 aromatic carbocycles. The highest BCUT2D eigenvalue weighted by Gasteiger charge is 2.14. The van der Waals surface area contributed by atoms with Crippen LogP contribution in [0, 0.1) is 0 Å². The molecule has 106 valence electrons. The van der Waals surface area contributed by atoms with Crippen LogP contribution in [0.2, 0.25) is 10.2 Å². The molecule has 1 unspecified atom stereocenters. The summed E-state index contributed by atoms with van der Waals surface area (Å²) in [6, 6.07) is 2.79. The van der Waals surface area contributed by atoms with Crippen LogP contribution in [0.4, 0.5) is 0 Å². The molecular formula is C12H16Cl2N2O2S. The Kier molecular flexibility index (Phi) is 7.53. The maximum Gasteiger partial charge on any atom is 0.322 e. The molecule has 19 heavy (non-hydrogen) atoms. The molecule has 0 saturated heterocycles. The van der Waals surface area contributed by atoms with E-state index in [1.807, 2.05) is 0 Å². The van der Waals surface area contributed by atoms with Gasteiger partial charge in [-0.25, -0.2) is 4.98 Å². The van der Waals surface area contributed by atoms with Crippen molar-refractivity contribution in [2.24, 2.45) is 5.73 Å². The summed E-state index contributed by atoms with van der Waals surface area (Å²) in [6.07, 6.45) is 0.557. The average Bonchev–Trinajstić information content (AvgIpc) is 2.38. The van der Waals surface area contributed by atoms with Gasteiger partial charge in [0.2, 0.25) is 0 Å². The molecule has 0 amide bonds. The Morgan fingerprint density at radius 1 is 1.53 bits per heavy atom. The van der Waals surface area contributed by atoms with Crippen molar-refractivity contribution < 1.29 is 9.53 Å². The summed E-state index contributed by atoms with van der Waals surface area (Å²) in [5, 5.41) is 1.01. The van der Waals surface area contributed by atoms with Gasteiger partial charge in [-0.05, 0) is 31.2 Å². The van der Waals surface area contributed by atoms with Crippen LogP contribution in [0.3, 0.4) is 0 Å². The van der Waals surface area contributed by atoms with E-state index in [-0.39, 0.29) is 5.97 Å². The van der Waals surface area contributed by atoms with Crippen LogP contribution in [-0.4, -0.2) is 29.4 Å². The topological polar surface area (TPSA) is 65.2 Å². The first-order valence-electron chi connectivity index (χ1n) is 5.85. The fraction of sp³-hybridized carbons (Fsp3) is 0.500. The summed E-state index contributed by atoms with van der Waals surface area (Å²) >= 11 is 13.4. The number of pyridine rings is 1. The third-order valence-corrected chi connectivity index (χ3v) is 3.84. The van der Waals surface area contributed by atoms with E-state index in [1.165, 1.54) is 0 Å². The molecule has 1 aromatic rings. The predicted octanol–water partition coefficient (Wildman–Crippen LogP) is 2.90. The highest BCUT2D eigenvalue weighted by molar-refractivity contribution is 7.98. The lowest BCUT2D eigenvalue weighted by molar-refractivity contribution is -0.144. The molecule has 0 saturated carbocycles. The van der Waals surface area contributed by atoms with Gasteiger partial charge in [-0.1, -0.05) is 23.2 Å². The van der Waals surface area contributed by atoms with Crippen molar-refractivity contribution in [3.63, 3.8) is 0 Å². The average molecular weight is 323 g/mol. The number of carbonyl (C=O) groups excluding carboxylic acids is 1. The number of nitrogens with zero attached hydrogens (tertiary/aromatic N) is 1. The van der Waals surface area contributed by atoms with Gasteiger partial charge in [0.05, 0.1) is 17.3 Å². The van der Waals surface area contributed by atoms with Crippen molar-refractivity contribution >= 4 is 40.9 Å². The number of hydrogen-bond donors (Lipinski definition) is 1. The van der Waals surface area contributed by atoms with Crippen molar-refractivity contribution in [2.45, 2.75) is 25.1 Å². The van der Waals surface area contributed by atoms with Crippen LogP contribution >= 0.6 is 35.0 Å². The molecule has 0 spiro atoms. The molecule has 7 heteroatoms. The van der Waals surface area contributed by atoms with Crippen LogP contribution < -0.4 is 5.73 Å². The van der Waals surface area contributed by atoms with Gasteiger partial charge in [0, 0.05) is 5.75 Å². The SMILES string of the molecule is CCOC(=O)C(N)CCSCc1nc(Cl)ccc1Cl. The van der Waals surface area contributed by atoms with Crippen molar-refractivity contribution in [2.75, 3.05) is 12.4 Å². The summed E-state index contributed by atoms with van der Waals surface area (Å²) in [6.45, 7) is 2.11. The molecule has 0 radical (unpaired) electrons. The number of aromatic nitrogens is 1. The van der Waals surface area contributed by atoms with E-state index in [9.17, 15) is 4.79 Å². The lowest BCUT2D eigenvalue weighted by atomic mass is 10.2. The number of halogens is 2. The molecule has 1 aromatic heterocycles. The first kappa shape index (κ1) is 16.6. The molecule has 1 atom stereocenters. The molecule has 0 aliphatic rings. The van der Waals surface area contributed by atoms with E-state index in [0.29, 0.717) is 29.0 Å². The summed E-state index contributed by atoms with van der Waals surface area (Å²) in [5.74, 6) is 1.00. The second-order valence-electron chi connectivity index (χ2n) is 3.76. The largest absolute Gasteiger partial charge is 0.465 e. The predicted molar refractivity (Wildman–Crippen MR) is 79.6 cm³/mol. The normalized spacial score (nSPS) is 12.2. The van der Waals surface area contributed by atoms with Gasteiger partial charge in [-0.3, -0.25) is 4.79 Å². The molecule has 0 bridgehead atoms. The van der Waals surface area contributed by atoms with Crippen molar-refractivity contribution in [1.82, 2.24) is 4.98 Å². The minimum Gasteiger partial charge on any atom is -0.465 e. The Morgan fingerprint density at radius 3 is 2.95 bits per heavy atom. The van der Waals surface area contributed by atoms with E-state index in [1.54, 1.807) is 30.8 Å². The molecule has 0 aliphatic carbocycles. The smallest absolute Gasteiger partial charge is 0.322 e. The molecule has 1 heterocycles. The molecule has 1 rings (SSSR count). The Morgan fingerprint density at radius 2 is 2.26 bits per heavy atom. The van der Waals surface area contributed by atoms with Crippen LogP contribution in [0.5, 0.6) is 0 Å². The molecule has 2 N–H and O–H groups in total. The number of carbonyl (C=O) groups is 1. The van der Waals surface area contributed by atoms with Gasteiger partial charge >= 0.3 is 5.97 Å². The highest BCUT2D eigenvalue weighted by atomic mass is 35.5. The van der Waals surface area contributed by atoms with Gasteiger partial charge in [0.1, 0.15) is 11.2 Å². The lowest BCUT2D eigenvalue weighted by Gasteiger charge is -2.10. The zero-order chi connectivity index (χ0) is 14.3. The fourth-order valence-electron chi connectivity index (χ4n) is 1.31. The summed E-state index contributed by atoms with van der Waals surface area (Å²) in [5.41, 5.74) is 6.43. The van der Waals surface area contributed by atoms with Gasteiger partial charge < -0.3 is 10.5 Å². The van der Waals surface area contributed by atoms with Gasteiger partial charge in [0.15, 0.2) is 0 Å². The number of nitrogens with two attached hydrogens (primary N) is 1. The highest BCUT2D eigenvalue weighted by Crippen LogP contribution is 2.21. The minimum absolute atomic E-state index is 0.349. The standard InChI is InChI=1S/C12H16Cl2N2O2S/c1-2-18-12(17)9(15)5-6-19-7-10-8(13)3-4-11(14)16-10/h3-4,9H,2,5-7,15H2,1H3. The lowest BCUT2D eigenvalue weighted by Crippen LogP contribution is -2.32. The zero-order valence-corrected chi connectivity index (χ0v) is 12.9. The van der Waals surface area contributed by atoms with Crippen molar-refractivity contribution in [3.05, 3.63) is 28.0 Å². The number of thioether (sulfide) groups is 1. The first-order chi connectivity index (χ1) is 9.04. The third-order valence-electron chi connectivity index (χ3n) is 2.29. The van der Waals surface area contributed by atoms with Gasteiger partial charge in [-0.15, -0.1) is 0 Å². The van der Waals surface area contributed by atoms with Crippen LogP contribution in [0.1, 0.15) is 19.0 Å². The van der Waals surface area contributed by atoms with E-state index < -0.39 is 6.04 Å².